The Balaban J connectivity index is 1.98. The first-order chi connectivity index (χ1) is 9.99. The highest BCUT2D eigenvalue weighted by Crippen LogP contribution is 2.21. The molecule has 0 radical (unpaired) electrons. The minimum atomic E-state index is -1.54. The molecule has 3 N–H and O–H groups in total. The van der Waals surface area contributed by atoms with Gasteiger partial charge in [-0.2, -0.15) is 0 Å². The summed E-state index contributed by atoms with van der Waals surface area (Å²) in [6, 6.07) is 12.6. The van der Waals surface area contributed by atoms with Gasteiger partial charge in [0.05, 0.1) is 0 Å². The number of hydrogen-bond acceptors (Lipinski definition) is 4. The molecule has 0 aliphatic carbocycles. The zero-order valence-electron chi connectivity index (χ0n) is 11.8. The van der Waals surface area contributed by atoms with Crippen molar-refractivity contribution < 1.29 is 15.0 Å². The monoisotopic (exact) mass is 286 g/mol. The number of carbonyl (C=O) groups is 1. The van der Waals surface area contributed by atoms with Crippen LogP contribution in [-0.2, 0) is 11.2 Å². The molecule has 21 heavy (non-hydrogen) atoms. The lowest BCUT2D eigenvalue weighted by Gasteiger charge is -2.22. The standard InChI is InChI=1S/C16H18N2O3/c1-16(21,10-9-12-6-3-2-4-7-12)15(20)18-14-13(19)8-5-11-17-14/h2-8,11,19,21H,9-10H2,1H3,(H,17,18,20). The van der Waals surface area contributed by atoms with Crippen LogP contribution in [0.5, 0.6) is 5.75 Å². The molecule has 1 atom stereocenters. The van der Waals surface area contributed by atoms with Gasteiger partial charge >= 0.3 is 0 Å². The second-order valence-corrected chi connectivity index (χ2v) is 5.08. The Morgan fingerprint density at radius 3 is 2.62 bits per heavy atom. The first kappa shape index (κ1) is 15.0. The molecule has 1 unspecified atom stereocenters. The van der Waals surface area contributed by atoms with E-state index in [0.29, 0.717) is 6.42 Å². The van der Waals surface area contributed by atoms with Crippen molar-refractivity contribution in [2.24, 2.45) is 0 Å². The largest absolute Gasteiger partial charge is 0.504 e. The summed E-state index contributed by atoms with van der Waals surface area (Å²) in [7, 11) is 0. The van der Waals surface area contributed by atoms with Gasteiger partial charge in [0, 0.05) is 6.20 Å². The molecule has 0 saturated heterocycles. The third-order valence-electron chi connectivity index (χ3n) is 3.25. The second kappa shape index (κ2) is 6.37. The van der Waals surface area contributed by atoms with Gasteiger partial charge in [-0.05, 0) is 37.5 Å². The summed E-state index contributed by atoms with van der Waals surface area (Å²) in [4.78, 5) is 16.0. The summed E-state index contributed by atoms with van der Waals surface area (Å²) < 4.78 is 0. The molecule has 1 aromatic carbocycles. The van der Waals surface area contributed by atoms with Crippen LogP contribution >= 0.6 is 0 Å². The molecule has 5 nitrogen and oxygen atoms in total. The van der Waals surface area contributed by atoms with Gasteiger partial charge < -0.3 is 15.5 Å². The van der Waals surface area contributed by atoms with Gasteiger partial charge in [-0.15, -0.1) is 0 Å². The van der Waals surface area contributed by atoms with Crippen LogP contribution in [-0.4, -0.2) is 26.7 Å². The van der Waals surface area contributed by atoms with E-state index < -0.39 is 11.5 Å². The highest BCUT2D eigenvalue weighted by atomic mass is 16.3. The number of nitrogens with zero attached hydrogens (tertiary/aromatic N) is 1. The van der Waals surface area contributed by atoms with Crippen LogP contribution in [0.4, 0.5) is 5.82 Å². The summed E-state index contributed by atoms with van der Waals surface area (Å²) in [6.07, 6.45) is 2.31. The quantitative estimate of drug-likeness (QED) is 0.786. The maximum atomic E-state index is 12.1. The Labute approximate surface area is 123 Å². The molecule has 0 aliphatic rings. The Morgan fingerprint density at radius 1 is 1.24 bits per heavy atom. The number of pyridine rings is 1. The van der Waals surface area contributed by atoms with Crippen LogP contribution in [0.3, 0.4) is 0 Å². The van der Waals surface area contributed by atoms with E-state index in [0.717, 1.165) is 5.56 Å². The van der Waals surface area contributed by atoms with Crippen molar-refractivity contribution in [1.82, 2.24) is 4.98 Å². The number of anilines is 1. The topological polar surface area (TPSA) is 82.5 Å². The van der Waals surface area contributed by atoms with Gasteiger partial charge in [0.15, 0.2) is 11.6 Å². The molecule has 0 spiro atoms. The Hall–Kier alpha value is -2.40. The van der Waals surface area contributed by atoms with Crippen LogP contribution in [0, 0.1) is 0 Å². The number of aliphatic hydroxyl groups is 1. The predicted molar refractivity (Wildman–Crippen MR) is 79.9 cm³/mol. The van der Waals surface area contributed by atoms with Crippen LogP contribution in [0.15, 0.2) is 48.7 Å². The van der Waals surface area contributed by atoms with Gasteiger partial charge in [-0.25, -0.2) is 4.98 Å². The van der Waals surface area contributed by atoms with Crippen molar-refractivity contribution >= 4 is 11.7 Å². The van der Waals surface area contributed by atoms with Crippen LogP contribution in [0.2, 0.25) is 0 Å². The second-order valence-electron chi connectivity index (χ2n) is 5.08. The van der Waals surface area contributed by atoms with Gasteiger partial charge in [0.25, 0.3) is 5.91 Å². The molecule has 5 heteroatoms. The smallest absolute Gasteiger partial charge is 0.257 e. The number of carbonyl (C=O) groups excluding carboxylic acids is 1. The number of aromatic nitrogens is 1. The summed E-state index contributed by atoms with van der Waals surface area (Å²) in [5, 5.41) is 22.3. The molecular weight excluding hydrogens is 268 g/mol. The third kappa shape index (κ3) is 4.03. The number of benzene rings is 1. The van der Waals surface area contributed by atoms with Crippen LogP contribution in [0.1, 0.15) is 18.9 Å². The van der Waals surface area contributed by atoms with Crippen molar-refractivity contribution in [2.75, 3.05) is 5.32 Å². The summed E-state index contributed by atoms with van der Waals surface area (Å²) >= 11 is 0. The van der Waals surface area contributed by atoms with E-state index in [1.165, 1.54) is 19.2 Å². The van der Waals surface area contributed by atoms with E-state index in [4.69, 9.17) is 0 Å². The number of rotatable bonds is 5. The fourth-order valence-corrected chi connectivity index (χ4v) is 1.88. The molecule has 1 aromatic heterocycles. The summed E-state index contributed by atoms with van der Waals surface area (Å²) in [6.45, 7) is 1.45. The average Bonchev–Trinajstić information content (AvgIpc) is 2.48. The Morgan fingerprint density at radius 2 is 1.95 bits per heavy atom. The minimum absolute atomic E-state index is 0.0440. The number of nitrogens with one attached hydrogen (secondary N) is 1. The SMILES string of the molecule is CC(O)(CCc1ccccc1)C(=O)Nc1ncccc1O. The Kier molecular flexibility index (Phi) is 4.55. The number of amides is 1. The molecule has 0 saturated carbocycles. The van der Waals surface area contributed by atoms with E-state index >= 15 is 0 Å². The third-order valence-corrected chi connectivity index (χ3v) is 3.25. The van der Waals surface area contributed by atoms with E-state index in [-0.39, 0.29) is 18.0 Å². The summed E-state index contributed by atoms with van der Waals surface area (Å²) in [5.41, 5.74) is -0.494. The maximum Gasteiger partial charge on any atom is 0.257 e. The van der Waals surface area contributed by atoms with Gasteiger partial charge in [0.1, 0.15) is 5.60 Å². The van der Waals surface area contributed by atoms with Crippen molar-refractivity contribution in [3.05, 3.63) is 54.2 Å². The maximum absolute atomic E-state index is 12.1. The van der Waals surface area contributed by atoms with E-state index in [9.17, 15) is 15.0 Å². The van der Waals surface area contributed by atoms with Crippen LogP contribution < -0.4 is 5.32 Å². The molecule has 1 amide bonds. The first-order valence-electron chi connectivity index (χ1n) is 6.71. The lowest BCUT2D eigenvalue weighted by atomic mass is 9.96. The number of aromatic hydroxyl groups is 1. The molecule has 110 valence electrons. The normalized spacial score (nSPS) is 13.4. The molecular formula is C16H18N2O3. The molecule has 2 rings (SSSR count). The molecule has 0 aliphatic heterocycles. The lowest BCUT2D eigenvalue weighted by molar-refractivity contribution is -0.132. The first-order valence-corrected chi connectivity index (χ1v) is 6.71. The molecule has 1 heterocycles. The lowest BCUT2D eigenvalue weighted by Crippen LogP contribution is -2.40. The zero-order valence-corrected chi connectivity index (χ0v) is 11.8. The van der Waals surface area contributed by atoms with Crippen LogP contribution in [0.25, 0.3) is 0 Å². The van der Waals surface area contributed by atoms with E-state index in [1.807, 2.05) is 30.3 Å². The molecule has 0 fully saturated rings. The predicted octanol–water partition coefficient (Wildman–Crippen LogP) is 2.11. The molecule has 0 bridgehead atoms. The summed E-state index contributed by atoms with van der Waals surface area (Å²) in [5.74, 6) is -0.681. The molecule has 2 aromatic rings. The van der Waals surface area contributed by atoms with Gasteiger partial charge in [-0.3, -0.25) is 4.79 Å². The van der Waals surface area contributed by atoms with Gasteiger partial charge in [0.2, 0.25) is 0 Å². The fraction of sp³-hybridized carbons (Fsp3) is 0.250. The van der Waals surface area contributed by atoms with Crippen molar-refractivity contribution in [3.63, 3.8) is 0 Å². The fourth-order valence-electron chi connectivity index (χ4n) is 1.88. The number of aryl methyl sites for hydroxylation is 1. The number of hydrogen-bond donors (Lipinski definition) is 3. The Bertz CT molecular complexity index is 612. The van der Waals surface area contributed by atoms with E-state index in [2.05, 4.69) is 10.3 Å². The van der Waals surface area contributed by atoms with Crippen molar-refractivity contribution in [3.8, 4) is 5.75 Å². The highest BCUT2D eigenvalue weighted by Gasteiger charge is 2.30. The van der Waals surface area contributed by atoms with Gasteiger partial charge in [-0.1, -0.05) is 30.3 Å². The highest BCUT2D eigenvalue weighted by molar-refractivity contribution is 5.96. The van der Waals surface area contributed by atoms with Crippen molar-refractivity contribution in [1.29, 1.82) is 0 Å². The van der Waals surface area contributed by atoms with Crippen molar-refractivity contribution in [2.45, 2.75) is 25.4 Å². The van der Waals surface area contributed by atoms with E-state index in [1.54, 1.807) is 6.07 Å². The zero-order chi connectivity index (χ0) is 15.3. The average molecular weight is 286 g/mol. The minimum Gasteiger partial charge on any atom is -0.504 e.